The number of nitrogens with one attached hydrogen (secondary N) is 2. The van der Waals surface area contributed by atoms with E-state index in [1.54, 1.807) is 4.68 Å². The summed E-state index contributed by atoms with van der Waals surface area (Å²) in [5.41, 5.74) is 2.14. The molecule has 1 atom stereocenters. The molecule has 2 aromatic rings. The normalized spacial score (nSPS) is 19.1. The predicted molar refractivity (Wildman–Crippen MR) is 69.1 cm³/mol. The van der Waals surface area contributed by atoms with E-state index in [4.69, 9.17) is 0 Å². The molecular formula is C12H16N6. The molecule has 94 valence electrons. The molecule has 0 radical (unpaired) electrons. The fourth-order valence-electron chi connectivity index (χ4n) is 2.24. The van der Waals surface area contributed by atoms with Crippen LogP contribution >= 0.6 is 0 Å². The van der Waals surface area contributed by atoms with Gasteiger partial charge in [0.1, 0.15) is 0 Å². The van der Waals surface area contributed by atoms with Gasteiger partial charge in [0, 0.05) is 30.9 Å². The number of nitrogens with zero attached hydrogens (tertiary/aromatic N) is 4. The van der Waals surface area contributed by atoms with Gasteiger partial charge < -0.3 is 10.6 Å². The summed E-state index contributed by atoms with van der Waals surface area (Å²) in [4.78, 5) is 0. The number of rotatable bonds is 3. The number of aryl methyl sites for hydroxylation is 1. The third kappa shape index (κ3) is 2.19. The Bertz CT molecular complexity index is 529. The minimum absolute atomic E-state index is 0.512. The third-order valence-corrected chi connectivity index (χ3v) is 3.17. The van der Waals surface area contributed by atoms with Crippen molar-refractivity contribution in [1.82, 2.24) is 25.5 Å². The topological polar surface area (TPSA) is 67.7 Å². The molecule has 2 N–H and O–H groups in total. The van der Waals surface area contributed by atoms with Crippen molar-refractivity contribution < 1.29 is 0 Å². The van der Waals surface area contributed by atoms with Gasteiger partial charge in [-0.3, -0.25) is 0 Å². The molecule has 1 aliphatic rings. The van der Waals surface area contributed by atoms with Crippen LogP contribution in [0.5, 0.6) is 0 Å². The summed E-state index contributed by atoms with van der Waals surface area (Å²) in [6.45, 7) is 2.11. The molecule has 1 aromatic heterocycles. The van der Waals surface area contributed by atoms with Crippen LogP contribution in [0.1, 0.15) is 6.42 Å². The van der Waals surface area contributed by atoms with Crippen LogP contribution in [0.3, 0.4) is 0 Å². The Hall–Kier alpha value is -1.95. The minimum atomic E-state index is 0.512. The molecule has 3 rings (SSSR count). The van der Waals surface area contributed by atoms with Gasteiger partial charge in [0.05, 0.1) is 0 Å². The number of hydrogen-bond donors (Lipinski definition) is 2. The second-order valence-electron chi connectivity index (χ2n) is 4.54. The lowest BCUT2D eigenvalue weighted by Crippen LogP contribution is -2.21. The first kappa shape index (κ1) is 11.2. The molecule has 6 nitrogen and oxygen atoms in total. The van der Waals surface area contributed by atoms with Gasteiger partial charge in [-0.15, -0.1) is 5.10 Å². The van der Waals surface area contributed by atoms with E-state index in [1.807, 2.05) is 19.2 Å². The molecule has 0 aliphatic carbocycles. The van der Waals surface area contributed by atoms with E-state index in [2.05, 4.69) is 38.3 Å². The Kier molecular flexibility index (Phi) is 2.93. The lowest BCUT2D eigenvalue weighted by molar-refractivity contribution is 0.714. The summed E-state index contributed by atoms with van der Waals surface area (Å²) in [6, 6.07) is 8.71. The maximum atomic E-state index is 4.02. The first-order valence-electron chi connectivity index (χ1n) is 6.13. The number of benzene rings is 1. The third-order valence-electron chi connectivity index (χ3n) is 3.17. The molecule has 0 saturated carbocycles. The summed E-state index contributed by atoms with van der Waals surface area (Å²) in [6.07, 6.45) is 1.16. The Morgan fingerprint density at radius 1 is 1.44 bits per heavy atom. The molecule has 1 fully saturated rings. The number of anilines is 1. The monoisotopic (exact) mass is 244 g/mol. The standard InChI is InChI=1S/C12H16N6/c1-18-12(15-16-17-18)9-3-2-4-10(7-9)14-11-5-6-13-8-11/h2-4,7,11,13-14H,5-6,8H2,1H3. The molecule has 1 aliphatic heterocycles. The van der Waals surface area contributed by atoms with Crippen molar-refractivity contribution in [3.8, 4) is 11.4 Å². The Labute approximate surface area is 105 Å². The molecule has 0 spiro atoms. The van der Waals surface area contributed by atoms with Crippen LogP contribution in [0.4, 0.5) is 5.69 Å². The molecule has 1 saturated heterocycles. The summed E-state index contributed by atoms with van der Waals surface area (Å²) >= 11 is 0. The molecule has 0 bridgehead atoms. The Balaban J connectivity index is 1.82. The highest BCUT2D eigenvalue weighted by Crippen LogP contribution is 2.20. The van der Waals surface area contributed by atoms with Crippen LogP contribution in [-0.4, -0.2) is 39.3 Å². The second-order valence-corrected chi connectivity index (χ2v) is 4.54. The molecule has 2 heterocycles. The van der Waals surface area contributed by atoms with E-state index in [-0.39, 0.29) is 0 Å². The highest BCUT2D eigenvalue weighted by atomic mass is 15.5. The van der Waals surface area contributed by atoms with Crippen molar-refractivity contribution >= 4 is 5.69 Å². The van der Waals surface area contributed by atoms with Crippen LogP contribution in [0.25, 0.3) is 11.4 Å². The van der Waals surface area contributed by atoms with Crippen molar-refractivity contribution in [3.05, 3.63) is 24.3 Å². The largest absolute Gasteiger partial charge is 0.381 e. The van der Waals surface area contributed by atoms with Crippen molar-refractivity contribution in [2.75, 3.05) is 18.4 Å². The average molecular weight is 244 g/mol. The lowest BCUT2D eigenvalue weighted by Gasteiger charge is -2.13. The zero-order valence-corrected chi connectivity index (χ0v) is 10.3. The van der Waals surface area contributed by atoms with Crippen LogP contribution < -0.4 is 10.6 Å². The smallest absolute Gasteiger partial charge is 0.181 e. The van der Waals surface area contributed by atoms with Crippen LogP contribution in [0.15, 0.2) is 24.3 Å². The van der Waals surface area contributed by atoms with Gasteiger partial charge in [-0.2, -0.15) is 0 Å². The summed E-state index contributed by atoms with van der Waals surface area (Å²) in [7, 11) is 1.84. The van der Waals surface area contributed by atoms with Gasteiger partial charge in [-0.1, -0.05) is 12.1 Å². The molecule has 1 aromatic carbocycles. The lowest BCUT2D eigenvalue weighted by atomic mass is 10.1. The Morgan fingerprint density at radius 3 is 3.11 bits per heavy atom. The summed E-state index contributed by atoms with van der Waals surface area (Å²) < 4.78 is 1.68. The SMILES string of the molecule is Cn1nnnc1-c1cccc(NC2CCNC2)c1. The fraction of sp³-hybridized carbons (Fsp3) is 0.417. The first-order chi connectivity index (χ1) is 8.83. The van der Waals surface area contributed by atoms with Gasteiger partial charge in [-0.05, 0) is 35.5 Å². The number of tetrazole rings is 1. The molecule has 1 unspecified atom stereocenters. The number of hydrogen-bond acceptors (Lipinski definition) is 5. The van der Waals surface area contributed by atoms with Crippen molar-refractivity contribution in [2.24, 2.45) is 7.05 Å². The van der Waals surface area contributed by atoms with E-state index in [0.29, 0.717) is 6.04 Å². The van der Waals surface area contributed by atoms with Crippen LogP contribution in [0.2, 0.25) is 0 Å². The zero-order valence-electron chi connectivity index (χ0n) is 10.3. The summed E-state index contributed by atoms with van der Waals surface area (Å²) in [5, 5.41) is 18.4. The average Bonchev–Trinajstić information content (AvgIpc) is 3.01. The molecule has 18 heavy (non-hydrogen) atoms. The van der Waals surface area contributed by atoms with Gasteiger partial charge in [0.15, 0.2) is 5.82 Å². The Morgan fingerprint density at radius 2 is 2.39 bits per heavy atom. The van der Waals surface area contributed by atoms with Gasteiger partial charge in [0.2, 0.25) is 0 Å². The van der Waals surface area contributed by atoms with E-state index in [0.717, 1.165) is 36.6 Å². The maximum Gasteiger partial charge on any atom is 0.181 e. The highest BCUT2D eigenvalue weighted by molar-refractivity contribution is 5.62. The van der Waals surface area contributed by atoms with Crippen molar-refractivity contribution in [1.29, 1.82) is 0 Å². The first-order valence-corrected chi connectivity index (χ1v) is 6.13. The van der Waals surface area contributed by atoms with Gasteiger partial charge >= 0.3 is 0 Å². The van der Waals surface area contributed by atoms with E-state index < -0.39 is 0 Å². The van der Waals surface area contributed by atoms with Crippen molar-refractivity contribution in [3.63, 3.8) is 0 Å². The van der Waals surface area contributed by atoms with Crippen molar-refractivity contribution in [2.45, 2.75) is 12.5 Å². The fourth-order valence-corrected chi connectivity index (χ4v) is 2.24. The van der Waals surface area contributed by atoms with Gasteiger partial charge in [0.25, 0.3) is 0 Å². The van der Waals surface area contributed by atoms with E-state index in [9.17, 15) is 0 Å². The molecule has 0 amide bonds. The zero-order chi connectivity index (χ0) is 12.4. The highest BCUT2D eigenvalue weighted by Gasteiger charge is 2.14. The number of aromatic nitrogens is 4. The van der Waals surface area contributed by atoms with Crippen LogP contribution in [0, 0.1) is 0 Å². The quantitative estimate of drug-likeness (QED) is 0.830. The molecular weight excluding hydrogens is 228 g/mol. The second kappa shape index (κ2) is 4.73. The molecule has 6 heteroatoms. The maximum absolute atomic E-state index is 4.02. The van der Waals surface area contributed by atoms with Crippen LogP contribution in [-0.2, 0) is 7.05 Å². The minimum Gasteiger partial charge on any atom is -0.381 e. The van der Waals surface area contributed by atoms with Gasteiger partial charge in [-0.25, -0.2) is 4.68 Å². The van der Waals surface area contributed by atoms with E-state index in [1.165, 1.54) is 0 Å². The van der Waals surface area contributed by atoms with E-state index >= 15 is 0 Å². The predicted octanol–water partition coefficient (Wildman–Crippen LogP) is 0.651. The summed E-state index contributed by atoms with van der Waals surface area (Å²) in [5.74, 6) is 0.781.